The Balaban J connectivity index is 2.56. The Morgan fingerprint density at radius 3 is 2.08 bits per heavy atom. The van der Waals surface area contributed by atoms with Gasteiger partial charge in [0.1, 0.15) is 0 Å². The van der Waals surface area contributed by atoms with Gasteiger partial charge < -0.3 is 5.32 Å². The molecule has 2 unspecified atom stereocenters. The molecule has 0 aliphatic carbocycles. The van der Waals surface area contributed by atoms with E-state index in [0.29, 0.717) is 17.9 Å². The predicted octanol–water partition coefficient (Wildman–Crippen LogP) is 1.80. The molecular formula is C10H19NO. The second kappa shape index (κ2) is 3.46. The number of amides is 1. The van der Waals surface area contributed by atoms with E-state index in [1.807, 2.05) is 0 Å². The van der Waals surface area contributed by atoms with Gasteiger partial charge in [0.05, 0.1) is 0 Å². The molecule has 12 heavy (non-hydrogen) atoms. The third kappa shape index (κ3) is 1.79. The highest BCUT2D eigenvalue weighted by Gasteiger charge is 2.34. The molecule has 1 heterocycles. The maximum Gasteiger partial charge on any atom is 0.223 e. The molecule has 0 bridgehead atoms. The average Bonchev–Trinajstić information content (AvgIpc) is 2.30. The topological polar surface area (TPSA) is 29.1 Å². The maximum absolute atomic E-state index is 11.4. The summed E-state index contributed by atoms with van der Waals surface area (Å²) in [6, 6.07) is 0.407. The Kier molecular flexibility index (Phi) is 2.76. The minimum atomic E-state index is 0.248. The Bertz CT molecular complexity index is 175. The molecule has 1 aliphatic rings. The summed E-state index contributed by atoms with van der Waals surface area (Å²) in [6.07, 6.45) is 1.02. The van der Waals surface area contributed by atoms with Crippen molar-refractivity contribution in [3.63, 3.8) is 0 Å². The third-order valence-electron chi connectivity index (χ3n) is 2.78. The Morgan fingerprint density at radius 1 is 1.25 bits per heavy atom. The van der Waals surface area contributed by atoms with Crippen LogP contribution < -0.4 is 5.32 Å². The van der Waals surface area contributed by atoms with Crippen LogP contribution in [-0.4, -0.2) is 11.9 Å². The van der Waals surface area contributed by atoms with Gasteiger partial charge in [-0.3, -0.25) is 4.79 Å². The van der Waals surface area contributed by atoms with Crippen LogP contribution in [0.1, 0.15) is 34.1 Å². The van der Waals surface area contributed by atoms with E-state index >= 15 is 0 Å². The summed E-state index contributed by atoms with van der Waals surface area (Å²) in [5, 5.41) is 3.05. The lowest BCUT2D eigenvalue weighted by atomic mass is 9.90. The highest BCUT2D eigenvalue weighted by molar-refractivity contribution is 5.81. The lowest BCUT2D eigenvalue weighted by Gasteiger charge is -2.14. The van der Waals surface area contributed by atoms with Crippen molar-refractivity contribution in [3.05, 3.63) is 0 Å². The molecule has 1 rings (SSSR count). The largest absolute Gasteiger partial charge is 0.353 e. The van der Waals surface area contributed by atoms with Gasteiger partial charge in [-0.25, -0.2) is 0 Å². The second-order valence-corrected chi connectivity index (χ2v) is 4.45. The zero-order chi connectivity index (χ0) is 9.30. The first kappa shape index (κ1) is 9.56. The molecule has 0 aromatic carbocycles. The first-order chi connectivity index (χ1) is 5.52. The van der Waals surface area contributed by atoms with Crippen molar-refractivity contribution in [2.75, 3.05) is 0 Å². The van der Waals surface area contributed by atoms with Gasteiger partial charge in [0.15, 0.2) is 0 Å². The second-order valence-electron chi connectivity index (χ2n) is 4.45. The van der Waals surface area contributed by atoms with Crippen LogP contribution in [0.3, 0.4) is 0 Å². The number of nitrogens with one attached hydrogen (secondary N) is 1. The predicted molar refractivity (Wildman–Crippen MR) is 49.7 cm³/mol. The fourth-order valence-electron chi connectivity index (χ4n) is 1.74. The quantitative estimate of drug-likeness (QED) is 0.671. The monoisotopic (exact) mass is 169 g/mol. The summed E-state index contributed by atoms with van der Waals surface area (Å²) in [7, 11) is 0. The van der Waals surface area contributed by atoms with Crippen LogP contribution in [0.5, 0.6) is 0 Å². The Morgan fingerprint density at radius 2 is 1.83 bits per heavy atom. The molecule has 0 radical (unpaired) electrons. The SMILES string of the molecule is CC(C)C1CC(C(C)C)C(=O)N1. The zero-order valence-electron chi connectivity index (χ0n) is 8.42. The van der Waals surface area contributed by atoms with E-state index in [9.17, 15) is 4.79 Å². The van der Waals surface area contributed by atoms with Gasteiger partial charge in [-0.1, -0.05) is 27.7 Å². The van der Waals surface area contributed by atoms with Crippen LogP contribution >= 0.6 is 0 Å². The Labute approximate surface area is 74.7 Å². The first-order valence-electron chi connectivity index (χ1n) is 4.82. The third-order valence-corrected chi connectivity index (χ3v) is 2.78. The molecule has 0 aromatic heterocycles. The molecule has 2 nitrogen and oxygen atoms in total. The van der Waals surface area contributed by atoms with Crippen molar-refractivity contribution in [1.82, 2.24) is 5.32 Å². The van der Waals surface area contributed by atoms with Gasteiger partial charge >= 0.3 is 0 Å². The van der Waals surface area contributed by atoms with Crippen molar-refractivity contribution < 1.29 is 4.79 Å². The van der Waals surface area contributed by atoms with Crippen molar-refractivity contribution in [1.29, 1.82) is 0 Å². The fourth-order valence-corrected chi connectivity index (χ4v) is 1.74. The molecule has 2 heteroatoms. The highest BCUT2D eigenvalue weighted by atomic mass is 16.2. The van der Waals surface area contributed by atoms with Crippen molar-refractivity contribution in [3.8, 4) is 0 Å². The van der Waals surface area contributed by atoms with E-state index in [0.717, 1.165) is 6.42 Å². The maximum atomic E-state index is 11.4. The lowest BCUT2D eigenvalue weighted by molar-refractivity contribution is -0.123. The first-order valence-corrected chi connectivity index (χ1v) is 4.82. The minimum absolute atomic E-state index is 0.248. The van der Waals surface area contributed by atoms with Crippen LogP contribution in [0.4, 0.5) is 0 Å². The fraction of sp³-hybridized carbons (Fsp3) is 0.900. The van der Waals surface area contributed by atoms with E-state index in [-0.39, 0.29) is 11.8 Å². The molecule has 1 amide bonds. The lowest BCUT2D eigenvalue weighted by Crippen LogP contribution is -2.30. The van der Waals surface area contributed by atoms with Crippen molar-refractivity contribution >= 4 is 5.91 Å². The summed E-state index contributed by atoms with van der Waals surface area (Å²) in [5.41, 5.74) is 0. The number of rotatable bonds is 2. The molecule has 0 aromatic rings. The number of carbonyl (C=O) groups is 1. The van der Waals surface area contributed by atoms with Crippen LogP contribution in [0.15, 0.2) is 0 Å². The summed E-state index contributed by atoms with van der Waals surface area (Å²) in [6.45, 7) is 8.56. The molecule has 1 saturated heterocycles. The van der Waals surface area contributed by atoms with Gasteiger partial charge in [0, 0.05) is 12.0 Å². The number of hydrogen-bond donors (Lipinski definition) is 1. The van der Waals surface area contributed by atoms with Crippen molar-refractivity contribution in [2.45, 2.75) is 40.2 Å². The van der Waals surface area contributed by atoms with Crippen molar-refractivity contribution in [2.24, 2.45) is 17.8 Å². The van der Waals surface area contributed by atoms with E-state index in [4.69, 9.17) is 0 Å². The highest BCUT2D eigenvalue weighted by Crippen LogP contribution is 2.26. The zero-order valence-corrected chi connectivity index (χ0v) is 8.42. The van der Waals surface area contributed by atoms with E-state index in [1.54, 1.807) is 0 Å². The van der Waals surface area contributed by atoms with Crippen LogP contribution in [-0.2, 0) is 4.79 Å². The normalized spacial score (nSPS) is 30.0. The molecule has 70 valence electrons. The smallest absolute Gasteiger partial charge is 0.223 e. The van der Waals surface area contributed by atoms with Gasteiger partial charge in [-0.2, -0.15) is 0 Å². The molecule has 2 atom stereocenters. The standard InChI is InChI=1S/C10H19NO/c1-6(2)8-5-9(7(3)4)11-10(8)12/h6-9H,5H2,1-4H3,(H,11,12). The van der Waals surface area contributed by atoms with Gasteiger partial charge in [-0.15, -0.1) is 0 Å². The van der Waals surface area contributed by atoms with Crippen LogP contribution in [0.25, 0.3) is 0 Å². The Hall–Kier alpha value is -0.530. The summed E-state index contributed by atoms with van der Waals surface area (Å²) < 4.78 is 0. The summed E-state index contributed by atoms with van der Waals surface area (Å²) >= 11 is 0. The molecule has 1 fully saturated rings. The molecule has 0 spiro atoms. The number of carbonyl (C=O) groups excluding carboxylic acids is 1. The van der Waals surface area contributed by atoms with Crippen LogP contribution in [0, 0.1) is 17.8 Å². The molecule has 1 aliphatic heterocycles. The van der Waals surface area contributed by atoms with Gasteiger partial charge in [0.2, 0.25) is 5.91 Å². The van der Waals surface area contributed by atoms with E-state index in [2.05, 4.69) is 33.0 Å². The summed E-state index contributed by atoms with van der Waals surface area (Å²) in [5.74, 6) is 1.55. The van der Waals surface area contributed by atoms with Gasteiger partial charge in [0.25, 0.3) is 0 Å². The minimum Gasteiger partial charge on any atom is -0.353 e. The average molecular weight is 169 g/mol. The molecule has 0 saturated carbocycles. The van der Waals surface area contributed by atoms with Crippen LogP contribution in [0.2, 0.25) is 0 Å². The molecular weight excluding hydrogens is 150 g/mol. The summed E-state index contributed by atoms with van der Waals surface area (Å²) in [4.78, 5) is 11.4. The van der Waals surface area contributed by atoms with E-state index in [1.165, 1.54) is 0 Å². The number of hydrogen-bond acceptors (Lipinski definition) is 1. The van der Waals surface area contributed by atoms with Gasteiger partial charge in [-0.05, 0) is 18.3 Å². The molecule has 1 N–H and O–H groups in total. The van der Waals surface area contributed by atoms with E-state index < -0.39 is 0 Å².